The fourth-order valence-corrected chi connectivity index (χ4v) is 2.11. The standard InChI is InChI=1S/C15H14N4O2/c20-7-6-16-15(21)12-3-1-2-11(8-12)13-4-5-14-18-17-10-19(14)9-13/h1-5,8-10,20H,6-7H2,(H,16,21). The highest BCUT2D eigenvalue weighted by atomic mass is 16.3. The number of carbonyl (C=O) groups excluding carboxylic acids is 1. The molecule has 0 aliphatic rings. The van der Waals surface area contributed by atoms with Gasteiger partial charge in [-0.2, -0.15) is 0 Å². The number of hydrogen-bond acceptors (Lipinski definition) is 4. The lowest BCUT2D eigenvalue weighted by atomic mass is 10.0. The molecule has 0 aliphatic carbocycles. The second-order valence-electron chi connectivity index (χ2n) is 4.57. The van der Waals surface area contributed by atoms with Gasteiger partial charge in [-0.3, -0.25) is 9.20 Å². The van der Waals surface area contributed by atoms with E-state index in [0.29, 0.717) is 5.56 Å². The Morgan fingerprint density at radius 2 is 2.14 bits per heavy atom. The summed E-state index contributed by atoms with van der Waals surface area (Å²) in [6.45, 7) is 0.172. The molecule has 1 aromatic carbocycles. The van der Waals surface area contributed by atoms with Crippen molar-refractivity contribution in [2.24, 2.45) is 0 Å². The highest BCUT2D eigenvalue weighted by Gasteiger charge is 2.07. The number of aliphatic hydroxyl groups excluding tert-OH is 1. The number of carbonyl (C=O) groups is 1. The summed E-state index contributed by atoms with van der Waals surface area (Å²) in [5, 5.41) is 19.2. The van der Waals surface area contributed by atoms with Crippen LogP contribution in [0.15, 0.2) is 48.9 Å². The molecule has 6 heteroatoms. The molecule has 2 N–H and O–H groups in total. The number of aliphatic hydroxyl groups is 1. The monoisotopic (exact) mass is 282 g/mol. The van der Waals surface area contributed by atoms with Crippen molar-refractivity contribution < 1.29 is 9.90 Å². The Morgan fingerprint density at radius 3 is 3.00 bits per heavy atom. The van der Waals surface area contributed by atoms with Crippen LogP contribution >= 0.6 is 0 Å². The van der Waals surface area contributed by atoms with Gasteiger partial charge in [0.15, 0.2) is 5.65 Å². The molecule has 3 aromatic rings. The number of hydrogen-bond donors (Lipinski definition) is 2. The van der Waals surface area contributed by atoms with Crippen molar-refractivity contribution in [1.29, 1.82) is 0 Å². The molecule has 2 aromatic heterocycles. The molecule has 21 heavy (non-hydrogen) atoms. The molecule has 0 spiro atoms. The average Bonchev–Trinajstić information content (AvgIpc) is 3.00. The van der Waals surface area contributed by atoms with E-state index in [0.717, 1.165) is 16.8 Å². The van der Waals surface area contributed by atoms with Crippen molar-refractivity contribution in [2.45, 2.75) is 0 Å². The van der Waals surface area contributed by atoms with E-state index in [1.54, 1.807) is 12.4 Å². The smallest absolute Gasteiger partial charge is 0.251 e. The lowest BCUT2D eigenvalue weighted by Gasteiger charge is -2.06. The third-order valence-electron chi connectivity index (χ3n) is 3.15. The number of amides is 1. The zero-order valence-corrected chi connectivity index (χ0v) is 11.2. The van der Waals surface area contributed by atoms with Gasteiger partial charge >= 0.3 is 0 Å². The number of benzene rings is 1. The van der Waals surface area contributed by atoms with E-state index < -0.39 is 0 Å². The lowest BCUT2D eigenvalue weighted by Crippen LogP contribution is -2.26. The summed E-state index contributed by atoms with van der Waals surface area (Å²) in [7, 11) is 0. The number of nitrogens with one attached hydrogen (secondary N) is 1. The van der Waals surface area contributed by atoms with Gasteiger partial charge < -0.3 is 10.4 Å². The zero-order valence-electron chi connectivity index (χ0n) is 11.2. The van der Waals surface area contributed by atoms with Crippen LogP contribution in [0.25, 0.3) is 16.8 Å². The summed E-state index contributed by atoms with van der Waals surface area (Å²) in [5.74, 6) is -0.198. The Bertz CT molecular complexity index is 782. The zero-order chi connectivity index (χ0) is 14.7. The normalized spacial score (nSPS) is 10.7. The highest BCUT2D eigenvalue weighted by molar-refractivity contribution is 5.95. The first kappa shape index (κ1) is 13.3. The first-order valence-corrected chi connectivity index (χ1v) is 6.57. The molecule has 0 bridgehead atoms. The molecule has 2 heterocycles. The summed E-state index contributed by atoms with van der Waals surface area (Å²) in [5.41, 5.74) is 3.24. The second kappa shape index (κ2) is 5.72. The third kappa shape index (κ3) is 2.75. The summed E-state index contributed by atoms with van der Waals surface area (Å²) in [4.78, 5) is 11.9. The Labute approximate surface area is 121 Å². The van der Waals surface area contributed by atoms with Crippen LogP contribution in [0.5, 0.6) is 0 Å². The average molecular weight is 282 g/mol. The molecule has 1 amide bonds. The predicted molar refractivity (Wildman–Crippen MR) is 77.8 cm³/mol. The fourth-order valence-electron chi connectivity index (χ4n) is 2.11. The van der Waals surface area contributed by atoms with E-state index in [9.17, 15) is 4.79 Å². The van der Waals surface area contributed by atoms with E-state index in [1.807, 2.05) is 40.9 Å². The van der Waals surface area contributed by atoms with Crippen LogP contribution in [0.3, 0.4) is 0 Å². The topological polar surface area (TPSA) is 79.5 Å². The lowest BCUT2D eigenvalue weighted by molar-refractivity contribution is 0.0945. The van der Waals surface area contributed by atoms with Crippen LogP contribution in [0.2, 0.25) is 0 Å². The van der Waals surface area contributed by atoms with Gasteiger partial charge in [-0.15, -0.1) is 10.2 Å². The van der Waals surface area contributed by atoms with Gasteiger partial charge in [-0.25, -0.2) is 0 Å². The molecule has 3 rings (SSSR count). The van der Waals surface area contributed by atoms with Crippen LogP contribution in [0.1, 0.15) is 10.4 Å². The summed E-state index contributed by atoms with van der Waals surface area (Å²) in [6, 6.07) is 11.1. The Kier molecular flexibility index (Phi) is 3.61. The van der Waals surface area contributed by atoms with E-state index in [4.69, 9.17) is 5.11 Å². The molecular weight excluding hydrogens is 268 g/mol. The second-order valence-corrected chi connectivity index (χ2v) is 4.57. The van der Waals surface area contributed by atoms with Crippen LogP contribution in [0, 0.1) is 0 Å². The van der Waals surface area contributed by atoms with E-state index in [1.165, 1.54) is 0 Å². The van der Waals surface area contributed by atoms with E-state index in [-0.39, 0.29) is 19.1 Å². The Morgan fingerprint density at radius 1 is 1.24 bits per heavy atom. The van der Waals surface area contributed by atoms with E-state index in [2.05, 4.69) is 15.5 Å². The molecule has 0 radical (unpaired) electrons. The van der Waals surface area contributed by atoms with Gasteiger partial charge in [0.2, 0.25) is 0 Å². The van der Waals surface area contributed by atoms with Crippen molar-refractivity contribution in [2.75, 3.05) is 13.2 Å². The first-order chi connectivity index (χ1) is 10.3. The van der Waals surface area contributed by atoms with Gasteiger partial charge in [0.05, 0.1) is 6.61 Å². The van der Waals surface area contributed by atoms with E-state index >= 15 is 0 Å². The van der Waals surface area contributed by atoms with Crippen molar-refractivity contribution >= 4 is 11.6 Å². The molecule has 6 nitrogen and oxygen atoms in total. The highest BCUT2D eigenvalue weighted by Crippen LogP contribution is 2.20. The maximum atomic E-state index is 11.9. The number of pyridine rings is 1. The summed E-state index contributed by atoms with van der Waals surface area (Å²) < 4.78 is 1.83. The quantitative estimate of drug-likeness (QED) is 0.751. The van der Waals surface area contributed by atoms with Crippen LogP contribution in [-0.2, 0) is 0 Å². The SMILES string of the molecule is O=C(NCCO)c1cccc(-c2ccc3nncn3c2)c1. The van der Waals surface area contributed by atoms with Crippen molar-refractivity contribution in [3.63, 3.8) is 0 Å². The van der Waals surface area contributed by atoms with Crippen molar-refractivity contribution in [3.8, 4) is 11.1 Å². The first-order valence-electron chi connectivity index (χ1n) is 6.57. The number of fused-ring (bicyclic) bond motifs is 1. The van der Waals surface area contributed by atoms with Crippen molar-refractivity contribution in [1.82, 2.24) is 19.9 Å². The minimum Gasteiger partial charge on any atom is -0.395 e. The fraction of sp³-hybridized carbons (Fsp3) is 0.133. The Balaban J connectivity index is 1.93. The number of rotatable bonds is 4. The largest absolute Gasteiger partial charge is 0.395 e. The number of nitrogens with zero attached hydrogens (tertiary/aromatic N) is 3. The van der Waals surface area contributed by atoms with Gasteiger partial charge in [0.1, 0.15) is 6.33 Å². The maximum Gasteiger partial charge on any atom is 0.251 e. The minimum atomic E-state index is -0.198. The predicted octanol–water partition coefficient (Wildman–Crippen LogP) is 1.12. The Hall–Kier alpha value is -2.73. The van der Waals surface area contributed by atoms with Gasteiger partial charge in [0, 0.05) is 18.3 Å². The van der Waals surface area contributed by atoms with Crippen molar-refractivity contribution in [3.05, 3.63) is 54.5 Å². The van der Waals surface area contributed by atoms with Gasteiger partial charge in [-0.05, 0) is 35.4 Å². The molecule has 0 atom stereocenters. The molecule has 0 saturated carbocycles. The molecule has 106 valence electrons. The number of aromatic nitrogens is 3. The molecule has 0 unspecified atom stereocenters. The van der Waals surface area contributed by atoms with Gasteiger partial charge in [0.25, 0.3) is 5.91 Å². The van der Waals surface area contributed by atoms with Gasteiger partial charge in [-0.1, -0.05) is 12.1 Å². The summed E-state index contributed by atoms with van der Waals surface area (Å²) >= 11 is 0. The molecule has 0 saturated heterocycles. The molecule has 0 aliphatic heterocycles. The third-order valence-corrected chi connectivity index (χ3v) is 3.15. The molecule has 0 fully saturated rings. The maximum absolute atomic E-state index is 11.9. The summed E-state index contributed by atoms with van der Waals surface area (Å²) in [6.07, 6.45) is 3.55. The van der Waals surface area contributed by atoms with Crippen LogP contribution in [-0.4, -0.2) is 38.8 Å². The molecular formula is C15H14N4O2. The minimum absolute atomic E-state index is 0.0737. The van der Waals surface area contributed by atoms with Crippen LogP contribution in [0.4, 0.5) is 0 Å². The van der Waals surface area contributed by atoms with Crippen LogP contribution < -0.4 is 5.32 Å².